The van der Waals surface area contributed by atoms with E-state index in [1.807, 2.05) is 6.08 Å². The molecular formula is C18H34O5S. The van der Waals surface area contributed by atoms with Gasteiger partial charge in [0.25, 0.3) is 10.1 Å². The highest BCUT2D eigenvalue weighted by atomic mass is 32.2. The number of hydrogen-bond donors (Lipinski definition) is 2. The molecule has 142 valence electrons. The van der Waals surface area contributed by atoms with Crippen LogP contribution >= 0.6 is 0 Å². The van der Waals surface area contributed by atoms with Gasteiger partial charge in [0, 0.05) is 6.42 Å². The van der Waals surface area contributed by atoms with Gasteiger partial charge in [0.05, 0.1) is 0 Å². The van der Waals surface area contributed by atoms with Crippen molar-refractivity contribution < 1.29 is 22.9 Å². The monoisotopic (exact) mass is 362 g/mol. The maximum Gasteiger partial charge on any atom is 0.303 e. The Hall–Kier alpha value is -0.880. The fourth-order valence-corrected chi connectivity index (χ4v) is 3.38. The van der Waals surface area contributed by atoms with Crippen LogP contribution in [0.3, 0.4) is 0 Å². The normalized spacial score (nSPS) is 13.4. The Morgan fingerprint density at radius 3 is 2.17 bits per heavy atom. The lowest BCUT2D eigenvalue weighted by atomic mass is 10.1. The van der Waals surface area contributed by atoms with E-state index in [2.05, 4.69) is 6.92 Å². The fourth-order valence-electron chi connectivity index (χ4n) is 2.61. The number of carboxylic acids is 1. The molecule has 1 atom stereocenters. The molecular weight excluding hydrogens is 328 g/mol. The molecule has 6 heteroatoms. The Morgan fingerprint density at radius 1 is 0.958 bits per heavy atom. The summed E-state index contributed by atoms with van der Waals surface area (Å²) in [5.74, 6) is -0.746. The van der Waals surface area contributed by atoms with Gasteiger partial charge >= 0.3 is 5.97 Å². The summed E-state index contributed by atoms with van der Waals surface area (Å²) < 4.78 is 32.1. The second-order valence-corrected chi connectivity index (χ2v) is 8.02. The zero-order valence-electron chi connectivity index (χ0n) is 15.0. The number of unbranched alkanes of at least 4 members (excludes halogenated alkanes) is 9. The van der Waals surface area contributed by atoms with Crippen molar-refractivity contribution in [2.75, 3.05) is 0 Å². The van der Waals surface area contributed by atoms with Crippen LogP contribution in [-0.2, 0) is 14.9 Å². The highest BCUT2D eigenvalue weighted by Crippen LogP contribution is 2.14. The highest BCUT2D eigenvalue weighted by molar-refractivity contribution is 7.86. The van der Waals surface area contributed by atoms with E-state index in [4.69, 9.17) is 5.11 Å². The Bertz CT molecular complexity index is 442. The quantitative estimate of drug-likeness (QED) is 0.230. The van der Waals surface area contributed by atoms with Crippen LogP contribution in [0.1, 0.15) is 90.4 Å². The fraction of sp³-hybridized carbons (Fsp3) is 0.833. The molecule has 0 saturated heterocycles. The van der Waals surface area contributed by atoms with Gasteiger partial charge in [-0.2, -0.15) is 8.42 Å². The van der Waals surface area contributed by atoms with Gasteiger partial charge in [-0.15, -0.1) is 0 Å². The highest BCUT2D eigenvalue weighted by Gasteiger charge is 2.18. The minimum atomic E-state index is -4.01. The van der Waals surface area contributed by atoms with Gasteiger partial charge < -0.3 is 5.11 Å². The van der Waals surface area contributed by atoms with Crippen molar-refractivity contribution in [3.63, 3.8) is 0 Å². The zero-order chi connectivity index (χ0) is 18.3. The molecule has 0 aromatic rings. The molecule has 0 heterocycles. The summed E-state index contributed by atoms with van der Waals surface area (Å²) in [7, 11) is -4.01. The lowest BCUT2D eigenvalue weighted by Crippen LogP contribution is -2.17. The number of aliphatic carboxylic acids is 1. The van der Waals surface area contributed by atoms with Crippen LogP contribution in [0.2, 0.25) is 0 Å². The van der Waals surface area contributed by atoms with E-state index in [0.29, 0.717) is 12.8 Å². The first kappa shape index (κ1) is 23.1. The van der Waals surface area contributed by atoms with Crippen molar-refractivity contribution in [1.29, 1.82) is 0 Å². The third-order valence-corrected chi connectivity index (χ3v) is 5.24. The minimum absolute atomic E-state index is 0.230. The maximum absolute atomic E-state index is 11.4. The molecule has 0 spiro atoms. The Morgan fingerprint density at radius 2 is 1.54 bits per heavy atom. The topological polar surface area (TPSA) is 91.7 Å². The second kappa shape index (κ2) is 14.5. The third-order valence-electron chi connectivity index (χ3n) is 4.09. The van der Waals surface area contributed by atoms with Crippen LogP contribution < -0.4 is 0 Å². The van der Waals surface area contributed by atoms with Crippen molar-refractivity contribution in [2.24, 2.45) is 0 Å². The molecule has 24 heavy (non-hydrogen) atoms. The molecule has 0 amide bonds. The van der Waals surface area contributed by atoms with Crippen LogP contribution in [0, 0.1) is 0 Å². The molecule has 0 aromatic heterocycles. The SMILES string of the molecule is CCCCCCCC(/C=C\CCCCCCCC(=O)O)S(=O)(=O)O. The molecule has 0 radical (unpaired) electrons. The molecule has 0 saturated carbocycles. The average Bonchev–Trinajstić information content (AvgIpc) is 2.49. The molecule has 5 nitrogen and oxygen atoms in total. The van der Waals surface area contributed by atoms with Crippen LogP contribution in [-0.4, -0.2) is 29.3 Å². The van der Waals surface area contributed by atoms with E-state index in [1.165, 1.54) is 6.42 Å². The van der Waals surface area contributed by atoms with Gasteiger partial charge in [-0.3, -0.25) is 9.35 Å². The first-order valence-corrected chi connectivity index (χ1v) is 10.7. The molecule has 1 unspecified atom stereocenters. The van der Waals surface area contributed by atoms with Crippen LogP contribution in [0.4, 0.5) is 0 Å². The molecule has 0 aliphatic heterocycles. The zero-order valence-corrected chi connectivity index (χ0v) is 15.8. The lowest BCUT2D eigenvalue weighted by molar-refractivity contribution is -0.137. The van der Waals surface area contributed by atoms with E-state index in [1.54, 1.807) is 6.08 Å². The van der Waals surface area contributed by atoms with E-state index in [9.17, 15) is 17.8 Å². The molecule has 0 aliphatic carbocycles. The largest absolute Gasteiger partial charge is 0.481 e. The summed E-state index contributed by atoms with van der Waals surface area (Å²) >= 11 is 0. The number of allylic oxidation sites excluding steroid dienone is 1. The molecule has 2 N–H and O–H groups in total. The molecule has 0 aromatic carbocycles. The minimum Gasteiger partial charge on any atom is -0.481 e. The summed E-state index contributed by atoms with van der Waals surface area (Å²) in [6.45, 7) is 2.13. The van der Waals surface area contributed by atoms with Crippen LogP contribution in [0.15, 0.2) is 12.2 Å². The smallest absolute Gasteiger partial charge is 0.303 e. The third kappa shape index (κ3) is 14.7. The number of hydrogen-bond acceptors (Lipinski definition) is 3. The van der Waals surface area contributed by atoms with Crippen molar-refractivity contribution in [1.82, 2.24) is 0 Å². The maximum atomic E-state index is 11.4. The summed E-state index contributed by atoms with van der Waals surface area (Å²) in [5, 5.41) is 7.75. The summed E-state index contributed by atoms with van der Waals surface area (Å²) in [6.07, 6.45) is 14.8. The van der Waals surface area contributed by atoms with Gasteiger partial charge in [0.15, 0.2) is 0 Å². The summed E-state index contributed by atoms with van der Waals surface area (Å²) in [5.41, 5.74) is 0. The van der Waals surface area contributed by atoms with E-state index in [0.717, 1.165) is 57.8 Å². The molecule has 0 rings (SSSR count). The van der Waals surface area contributed by atoms with E-state index >= 15 is 0 Å². The van der Waals surface area contributed by atoms with Crippen molar-refractivity contribution >= 4 is 16.1 Å². The number of carbonyl (C=O) groups is 1. The number of carboxylic acid groups (broad SMARTS) is 1. The van der Waals surface area contributed by atoms with Crippen molar-refractivity contribution in [3.05, 3.63) is 12.2 Å². The first-order chi connectivity index (χ1) is 11.4. The average molecular weight is 363 g/mol. The van der Waals surface area contributed by atoms with Crippen molar-refractivity contribution in [3.8, 4) is 0 Å². The predicted octanol–water partition coefficient (Wildman–Crippen LogP) is 4.97. The van der Waals surface area contributed by atoms with E-state index in [-0.39, 0.29) is 6.42 Å². The van der Waals surface area contributed by atoms with Gasteiger partial charge in [0.1, 0.15) is 5.25 Å². The van der Waals surface area contributed by atoms with E-state index < -0.39 is 21.3 Å². The standard InChI is InChI=1S/C18H34O5S/c1-2-3-4-8-11-14-17(24(21,22)23)15-12-9-6-5-7-10-13-16-18(19)20/h12,15,17H,2-11,13-14,16H2,1H3,(H,19,20)(H,21,22,23)/b15-12-. The van der Waals surface area contributed by atoms with Crippen LogP contribution in [0.25, 0.3) is 0 Å². The Kier molecular flexibility index (Phi) is 13.9. The summed E-state index contributed by atoms with van der Waals surface area (Å²) in [6, 6.07) is 0. The Labute approximate surface area is 147 Å². The van der Waals surface area contributed by atoms with Gasteiger partial charge in [-0.25, -0.2) is 0 Å². The predicted molar refractivity (Wildman–Crippen MR) is 97.8 cm³/mol. The second-order valence-electron chi connectivity index (χ2n) is 6.38. The Balaban J connectivity index is 3.87. The lowest BCUT2D eigenvalue weighted by Gasteiger charge is -2.09. The van der Waals surface area contributed by atoms with Gasteiger partial charge in [-0.1, -0.05) is 70.4 Å². The number of rotatable bonds is 16. The van der Waals surface area contributed by atoms with Crippen LogP contribution in [0.5, 0.6) is 0 Å². The van der Waals surface area contributed by atoms with Gasteiger partial charge in [0.2, 0.25) is 0 Å². The van der Waals surface area contributed by atoms with Crippen molar-refractivity contribution in [2.45, 2.75) is 95.6 Å². The van der Waals surface area contributed by atoms with Gasteiger partial charge in [-0.05, 0) is 25.7 Å². The summed E-state index contributed by atoms with van der Waals surface area (Å²) in [4.78, 5) is 10.4. The molecule has 0 bridgehead atoms. The molecule has 0 aliphatic rings. The first-order valence-electron chi connectivity index (χ1n) is 9.22. The molecule has 0 fully saturated rings.